The maximum Gasteiger partial charge on any atom is 0.136 e. The number of hydrogen-bond donors (Lipinski definition) is 0. The molecule has 0 radical (unpaired) electrons. The van der Waals surface area contributed by atoms with Gasteiger partial charge < -0.3 is 9.32 Å². The lowest BCUT2D eigenvalue weighted by molar-refractivity contribution is 0.660. The van der Waals surface area contributed by atoms with Crippen LogP contribution in [0, 0.1) is 0 Å². The zero-order chi connectivity index (χ0) is 41.7. The van der Waals surface area contributed by atoms with Crippen molar-refractivity contribution < 1.29 is 4.42 Å². The number of fused-ring (bicyclic) bond motifs is 9. The van der Waals surface area contributed by atoms with Crippen molar-refractivity contribution in [3.05, 3.63) is 222 Å². The average molecular weight is 796 g/mol. The third-order valence-electron chi connectivity index (χ3n) is 13.9. The molecule has 0 atom stereocenters. The second-order valence-electron chi connectivity index (χ2n) is 18.1. The van der Waals surface area contributed by atoms with Gasteiger partial charge >= 0.3 is 0 Å². The van der Waals surface area contributed by atoms with Crippen molar-refractivity contribution in [3.63, 3.8) is 0 Å². The van der Waals surface area contributed by atoms with Crippen molar-refractivity contribution >= 4 is 39.0 Å². The molecule has 2 aliphatic carbocycles. The van der Waals surface area contributed by atoms with E-state index >= 15 is 0 Å². The van der Waals surface area contributed by atoms with Gasteiger partial charge in [0.2, 0.25) is 0 Å². The Labute approximate surface area is 363 Å². The summed E-state index contributed by atoms with van der Waals surface area (Å²) >= 11 is 0. The van der Waals surface area contributed by atoms with Crippen LogP contribution in [0.5, 0.6) is 0 Å². The molecule has 0 fully saturated rings. The summed E-state index contributed by atoms with van der Waals surface area (Å²) in [5.74, 6) is 0. The molecule has 1 aromatic heterocycles. The van der Waals surface area contributed by atoms with Crippen LogP contribution in [-0.2, 0) is 10.8 Å². The third kappa shape index (κ3) is 5.36. The molecular formula is C60H45NO. The normalized spacial score (nSPS) is 14.1. The summed E-state index contributed by atoms with van der Waals surface area (Å²) in [6.07, 6.45) is 0. The van der Waals surface area contributed by atoms with E-state index in [1.165, 1.54) is 55.6 Å². The van der Waals surface area contributed by atoms with Crippen LogP contribution in [-0.4, -0.2) is 0 Å². The standard InChI is InChI=1S/C60H45NO/c1-59(2)50-23-11-8-18-44(50)46-34-32-41(36-52(46)59)61(42-33-35-47-45-19-9-12-24-51(45)60(3,4)53(47)37-42)54-25-14-21-43(40-30-28-39(29-31-40)38-16-6-5-7-17-38)57(54)49-22-15-27-56-58(49)48-20-10-13-26-55(48)62-56/h5-37H,1-4H3. The van der Waals surface area contributed by atoms with Crippen LogP contribution >= 0.6 is 0 Å². The number of furan rings is 1. The number of para-hydroxylation sites is 1. The summed E-state index contributed by atoms with van der Waals surface area (Å²) in [7, 11) is 0. The largest absolute Gasteiger partial charge is 0.456 e. The van der Waals surface area contributed by atoms with E-state index in [0.717, 1.165) is 61.3 Å². The lowest BCUT2D eigenvalue weighted by atomic mass is 9.82. The van der Waals surface area contributed by atoms with Crippen molar-refractivity contribution in [2.75, 3.05) is 4.90 Å². The fourth-order valence-corrected chi connectivity index (χ4v) is 10.8. The van der Waals surface area contributed by atoms with Crippen LogP contribution in [0.3, 0.4) is 0 Å². The number of rotatable bonds is 6. The van der Waals surface area contributed by atoms with E-state index in [1.54, 1.807) is 0 Å². The van der Waals surface area contributed by atoms with Gasteiger partial charge in [0.25, 0.3) is 0 Å². The Morgan fingerprint density at radius 1 is 0.355 bits per heavy atom. The minimum absolute atomic E-state index is 0.165. The molecule has 1 heterocycles. The van der Waals surface area contributed by atoms with Gasteiger partial charge in [-0.25, -0.2) is 0 Å². The van der Waals surface area contributed by atoms with E-state index in [-0.39, 0.29) is 10.8 Å². The van der Waals surface area contributed by atoms with Crippen molar-refractivity contribution in [1.82, 2.24) is 0 Å². The molecule has 296 valence electrons. The van der Waals surface area contributed by atoms with Gasteiger partial charge in [-0.1, -0.05) is 185 Å². The molecule has 0 aliphatic heterocycles. The zero-order valence-corrected chi connectivity index (χ0v) is 35.4. The Kier molecular flexibility index (Phi) is 7.96. The van der Waals surface area contributed by atoms with Crippen molar-refractivity contribution in [2.24, 2.45) is 0 Å². The maximum atomic E-state index is 6.59. The predicted molar refractivity (Wildman–Crippen MR) is 260 cm³/mol. The van der Waals surface area contributed by atoms with E-state index < -0.39 is 0 Å². The lowest BCUT2D eigenvalue weighted by Gasteiger charge is -2.32. The predicted octanol–water partition coefficient (Wildman–Crippen LogP) is 16.7. The maximum absolute atomic E-state index is 6.59. The Hall–Kier alpha value is -7.42. The highest BCUT2D eigenvalue weighted by Gasteiger charge is 2.38. The molecule has 62 heavy (non-hydrogen) atoms. The molecule has 2 nitrogen and oxygen atoms in total. The Morgan fingerprint density at radius 2 is 0.839 bits per heavy atom. The molecule has 0 unspecified atom stereocenters. The SMILES string of the molecule is CC1(C)c2ccccc2-c2ccc(N(c3ccc4c(c3)C(C)(C)c3ccccc3-4)c3cccc(-c4ccc(-c5ccccc5)cc4)c3-c3cccc4oc5ccccc5c34)cc21. The summed E-state index contributed by atoms with van der Waals surface area (Å²) < 4.78 is 6.59. The van der Waals surface area contributed by atoms with Gasteiger partial charge in [-0.3, -0.25) is 0 Å². The molecular weight excluding hydrogens is 751 g/mol. The summed E-state index contributed by atoms with van der Waals surface area (Å²) in [6, 6.07) is 73.7. The monoisotopic (exact) mass is 795 g/mol. The minimum atomic E-state index is -0.165. The molecule has 9 aromatic carbocycles. The smallest absolute Gasteiger partial charge is 0.136 e. The molecule has 0 spiro atoms. The molecule has 0 saturated carbocycles. The van der Waals surface area contributed by atoms with Gasteiger partial charge in [0.1, 0.15) is 11.2 Å². The second-order valence-corrected chi connectivity index (χ2v) is 18.1. The van der Waals surface area contributed by atoms with Gasteiger partial charge in [-0.15, -0.1) is 0 Å². The summed E-state index contributed by atoms with van der Waals surface area (Å²) in [5.41, 5.74) is 22.5. The first kappa shape index (κ1) is 36.4. The molecule has 2 heteroatoms. The average Bonchev–Trinajstić information content (AvgIpc) is 3.89. The van der Waals surface area contributed by atoms with Crippen molar-refractivity contribution in [3.8, 4) is 55.6 Å². The first-order chi connectivity index (χ1) is 30.3. The van der Waals surface area contributed by atoms with Crippen LogP contribution in [0.15, 0.2) is 205 Å². The second kappa shape index (κ2) is 13.5. The summed E-state index contributed by atoms with van der Waals surface area (Å²) in [4.78, 5) is 2.52. The van der Waals surface area contributed by atoms with Gasteiger partial charge in [0.15, 0.2) is 0 Å². The van der Waals surface area contributed by atoms with Gasteiger partial charge in [0, 0.05) is 38.5 Å². The minimum Gasteiger partial charge on any atom is -0.456 e. The van der Waals surface area contributed by atoms with E-state index in [1.807, 2.05) is 0 Å². The molecule has 0 N–H and O–H groups in total. The van der Waals surface area contributed by atoms with E-state index in [9.17, 15) is 0 Å². The summed E-state index contributed by atoms with van der Waals surface area (Å²) in [6.45, 7) is 9.49. The number of hydrogen-bond acceptors (Lipinski definition) is 2. The van der Waals surface area contributed by atoms with Gasteiger partial charge in [-0.2, -0.15) is 0 Å². The topological polar surface area (TPSA) is 16.4 Å². The first-order valence-corrected chi connectivity index (χ1v) is 21.8. The third-order valence-corrected chi connectivity index (χ3v) is 13.9. The van der Waals surface area contributed by atoms with E-state index in [0.29, 0.717) is 0 Å². The lowest BCUT2D eigenvalue weighted by Crippen LogP contribution is -2.18. The highest BCUT2D eigenvalue weighted by Crippen LogP contribution is 2.55. The summed E-state index contributed by atoms with van der Waals surface area (Å²) in [5, 5.41) is 2.23. The van der Waals surface area contributed by atoms with Crippen LogP contribution in [0.4, 0.5) is 17.1 Å². The van der Waals surface area contributed by atoms with Crippen molar-refractivity contribution in [2.45, 2.75) is 38.5 Å². The zero-order valence-electron chi connectivity index (χ0n) is 35.4. The van der Waals surface area contributed by atoms with Crippen LogP contribution < -0.4 is 4.90 Å². The first-order valence-electron chi connectivity index (χ1n) is 21.8. The Morgan fingerprint density at radius 3 is 1.50 bits per heavy atom. The van der Waals surface area contributed by atoms with Crippen LogP contribution in [0.2, 0.25) is 0 Å². The molecule has 0 saturated heterocycles. The fourth-order valence-electron chi connectivity index (χ4n) is 10.8. The van der Waals surface area contributed by atoms with Gasteiger partial charge in [-0.05, 0) is 115 Å². The van der Waals surface area contributed by atoms with E-state index in [2.05, 4.69) is 233 Å². The van der Waals surface area contributed by atoms with Gasteiger partial charge in [0.05, 0.1) is 5.69 Å². The Bertz CT molecular complexity index is 3300. The molecule has 0 amide bonds. The molecule has 2 aliphatic rings. The molecule has 0 bridgehead atoms. The fraction of sp³-hybridized carbons (Fsp3) is 0.100. The molecule has 12 rings (SSSR count). The molecule has 10 aromatic rings. The van der Waals surface area contributed by atoms with Crippen molar-refractivity contribution in [1.29, 1.82) is 0 Å². The quantitative estimate of drug-likeness (QED) is 0.167. The van der Waals surface area contributed by atoms with E-state index in [4.69, 9.17) is 4.42 Å². The van der Waals surface area contributed by atoms with Crippen LogP contribution in [0.1, 0.15) is 49.9 Å². The number of benzene rings is 9. The number of anilines is 3. The van der Waals surface area contributed by atoms with Crippen LogP contribution in [0.25, 0.3) is 77.6 Å². The Balaban J connectivity index is 1.15. The highest BCUT2D eigenvalue weighted by atomic mass is 16.3. The number of nitrogens with zero attached hydrogens (tertiary/aromatic N) is 1. The highest BCUT2D eigenvalue weighted by molar-refractivity contribution is 6.16.